The van der Waals surface area contributed by atoms with E-state index in [0.717, 1.165) is 24.8 Å². The third-order valence-electron chi connectivity index (χ3n) is 3.93. The number of halogens is 1. The summed E-state index contributed by atoms with van der Waals surface area (Å²) in [5.74, 6) is 0.520. The molecule has 0 saturated carbocycles. The molecule has 0 aromatic heterocycles. The van der Waals surface area contributed by atoms with Crippen molar-refractivity contribution in [1.82, 2.24) is 0 Å². The number of hydrogen-bond acceptors (Lipinski definition) is 1. The molecule has 0 fully saturated rings. The van der Waals surface area contributed by atoms with Gasteiger partial charge in [0, 0.05) is 5.92 Å². The van der Waals surface area contributed by atoms with Gasteiger partial charge in [0.15, 0.2) is 0 Å². The van der Waals surface area contributed by atoms with Crippen molar-refractivity contribution in [3.8, 4) is 0 Å². The van der Waals surface area contributed by atoms with Crippen molar-refractivity contribution in [3.63, 3.8) is 0 Å². The summed E-state index contributed by atoms with van der Waals surface area (Å²) in [6.07, 6.45) is 8.70. The van der Waals surface area contributed by atoms with Crippen LogP contribution in [0.5, 0.6) is 0 Å². The summed E-state index contributed by atoms with van der Waals surface area (Å²) in [4.78, 5) is 0. The molecular formula is C17H23BrO. The van der Waals surface area contributed by atoms with Gasteiger partial charge in [0.2, 0.25) is 0 Å². The fourth-order valence-corrected chi connectivity index (χ4v) is 3.42. The van der Waals surface area contributed by atoms with Crippen LogP contribution in [0, 0.1) is 0 Å². The van der Waals surface area contributed by atoms with Crippen LogP contribution in [0.15, 0.2) is 34.8 Å². The van der Waals surface area contributed by atoms with E-state index in [1.165, 1.54) is 29.3 Å². The fraction of sp³-hybridized carbons (Fsp3) is 0.529. The standard InChI is InChI=1S/C17H23BrO/c1-2-3-4-8-17(19)14-11-9-13(10-12-14)15-6-5-7-16(15)18/h7,9-12,15,17,19H,2-6,8H2,1H3. The van der Waals surface area contributed by atoms with Gasteiger partial charge in [-0.15, -0.1) is 0 Å². The highest BCUT2D eigenvalue weighted by Crippen LogP contribution is 2.38. The van der Waals surface area contributed by atoms with Crippen molar-refractivity contribution < 1.29 is 5.11 Å². The van der Waals surface area contributed by atoms with Gasteiger partial charge < -0.3 is 5.11 Å². The number of allylic oxidation sites excluding steroid dienone is 2. The molecule has 1 N–H and O–H groups in total. The van der Waals surface area contributed by atoms with Crippen molar-refractivity contribution in [1.29, 1.82) is 0 Å². The molecule has 2 unspecified atom stereocenters. The lowest BCUT2D eigenvalue weighted by molar-refractivity contribution is 0.163. The van der Waals surface area contributed by atoms with Crippen molar-refractivity contribution >= 4 is 15.9 Å². The summed E-state index contributed by atoms with van der Waals surface area (Å²) >= 11 is 3.64. The number of benzene rings is 1. The highest BCUT2D eigenvalue weighted by molar-refractivity contribution is 9.11. The zero-order chi connectivity index (χ0) is 13.7. The second-order valence-electron chi connectivity index (χ2n) is 5.40. The SMILES string of the molecule is CCCCCC(O)c1ccc(C2CCC=C2Br)cc1. The minimum absolute atomic E-state index is 0.303. The van der Waals surface area contributed by atoms with Gasteiger partial charge in [0.1, 0.15) is 0 Å². The molecular weight excluding hydrogens is 300 g/mol. The van der Waals surface area contributed by atoms with Gasteiger partial charge in [0.25, 0.3) is 0 Å². The van der Waals surface area contributed by atoms with Gasteiger partial charge in [-0.05, 0) is 34.9 Å². The Hall–Kier alpha value is -0.600. The van der Waals surface area contributed by atoms with Crippen LogP contribution in [0.25, 0.3) is 0 Å². The van der Waals surface area contributed by atoms with Crippen LogP contribution in [0.3, 0.4) is 0 Å². The maximum Gasteiger partial charge on any atom is 0.0790 e. The molecule has 1 aliphatic carbocycles. The largest absolute Gasteiger partial charge is 0.388 e. The van der Waals surface area contributed by atoms with E-state index >= 15 is 0 Å². The highest BCUT2D eigenvalue weighted by atomic mass is 79.9. The van der Waals surface area contributed by atoms with Gasteiger partial charge in [0.05, 0.1) is 6.10 Å². The Kier molecular flexibility index (Phi) is 5.65. The molecule has 0 amide bonds. The fourth-order valence-electron chi connectivity index (χ4n) is 2.70. The molecule has 0 saturated heterocycles. The van der Waals surface area contributed by atoms with E-state index in [2.05, 4.69) is 53.2 Å². The molecule has 1 nitrogen and oxygen atoms in total. The molecule has 104 valence electrons. The Bertz CT molecular complexity index is 421. The Morgan fingerprint density at radius 3 is 2.58 bits per heavy atom. The van der Waals surface area contributed by atoms with E-state index in [1.807, 2.05) is 0 Å². The van der Waals surface area contributed by atoms with Crippen LogP contribution in [0.4, 0.5) is 0 Å². The average molecular weight is 323 g/mol. The third-order valence-corrected chi connectivity index (χ3v) is 4.81. The summed E-state index contributed by atoms with van der Waals surface area (Å²) in [6.45, 7) is 2.19. The number of aliphatic hydroxyl groups excluding tert-OH is 1. The lowest BCUT2D eigenvalue weighted by atomic mass is 9.95. The van der Waals surface area contributed by atoms with Gasteiger partial charge in [-0.3, -0.25) is 0 Å². The average Bonchev–Trinajstić information content (AvgIpc) is 2.85. The first-order chi connectivity index (χ1) is 9.22. The Morgan fingerprint density at radius 1 is 1.26 bits per heavy atom. The van der Waals surface area contributed by atoms with Crippen LogP contribution in [0.1, 0.15) is 68.6 Å². The normalized spacial score (nSPS) is 20.4. The molecule has 0 aliphatic heterocycles. The lowest BCUT2D eigenvalue weighted by Crippen LogP contribution is -1.99. The predicted molar refractivity (Wildman–Crippen MR) is 84.5 cm³/mol. The van der Waals surface area contributed by atoms with Crippen LogP contribution < -0.4 is 0 Å². The molecule has 0 spiro atoms. The van der Waals surface area contributed by atoms with E-state index in [-0.39, 0.29) is 6.10 Å². The van der Waals surface area contributed by atoms with Crippen LogP contribution in [-0.2, 0) is 0 Å². The number of unbranched alkanes of at least 4 members (excludes halogenated alkanes) is 2. The first-order valence-corrected chi connectivity index (χ1v) is 8.15. The molecule has 2 rings (SSSR count). The van der Waals surface area contributed by atoms with Crippen molar-refractivity contribution in [2.45, 2.75) is 57.5 Å². The summed E-state index contributed by atoms with van der Waals surface area (Å²) in [5.41, 5.74) is 2.41. The molecule has 1 aromatic carbocycles. The highest BCUT2D eigenvalue weighted by Gasteiger charge is 2.19. The van der Waals surface area contributed by atoms with Gasteiger partial charge in [-0.25, -0.2) is 0 Å². The molecule has 2 heteroatoms. The van der Waals surface area contributed by atoms with Crippen molar-refractivity contribution in [3.05, 3.63) is 46.0 Å². The molecule has 1 aromatic rings. The first kappa shape index (κ1) is 14.8. The van der Waals surface area contributed by atoms with Crippen molar-refractivity contribution in [2.75, 3.05) is 0 Å². The Morgan fingerprint density at radius 2 is 2.00 bits per heavy atom. The summed E-state index contributed by atoms with van der Waals surface area (Å²) in [5, 5.41) is 10.1. The maximum absolute atomic E-state index is 10.1. The second-order valence-corrected chi connectivity index (χ2v) is 6.31. The summed E-state index contributed by atoms with van der Waals surface area (Å²) in [7, 11) is 0. The monoisotopic (exact) mass is 322 g/mol. The lowest BCUT2D eigenvalue weighted by Gasteiger charge is -2.14. The van der Waals surface area contributed by atoms with E-state index < -0.39 is 0 Å². The molecule has 0 bridgehead atoms. The van der Waals surface area contributed by atoms with Crippen molar-refractivity contribution in [2.24, 2.45) is 0 Å². The third kappa shape index (κ3) is 3.93. The quantitative estimate of drug-likeness (QED) is 0.690. The van der Waals surface area contributed by atoms with Crippen LogP contribution in [-0.4, -0.2) is 5.11 Å². The van der Waals surface area contributed by atoms with E-state index in [0.29, 0.717) is 5.92 Å². The number of aliphatic hydroxyl groups is 1. The van der Waals surface area contributed by atoms with Crippen LogP contribution >= 0.6 is 15.9 Å². The van der Waals surface area contributed by atoms with Gasteiger partial charge in [-0.2, -0.15) is 0 Å². The topological polar surface area (TPSA) is 20.2 Å². The summed E-state index contributed by atoms with van der Waals surface area (Å²) < 4.78 is 1.31. The predicted octanol–water partition coefficient (Wildman–Crippen LogP) is 5.46. The van der Waals surface area contributed by atoms with E-state index in [9.17, 15) is 5.11 Å². The Balaban J connectivity index is 1.96. The minimum atomic E-state index is -0.303. The maximum atomic E-state index is 10.1. The smallest absolute Gasteiger partial charge is 0.0790 e. The van der Waals surface area contributed by atoms with E-state index in [4.69, 9.17) is 0 Å². The molecule has 0 heterocycles. The molecule has 1 aliphatic rings. The molecule has 2 atom stereocenters. The zero-order valence-corrected chi connectivity index (χ0v) is 13.2. The molecule has 0 radical (unpaired) electrons. The number of rotatable bonds is 6. The number of hydrogen-bond donors (Lipinski definition) is 1. The Labute approximate surface area is 124 Å². The van der Waals surface area contributed by atoms with E-state index in [1.54, 1.807) is 0 Å². The van der Waals surface area contributed by atoms with Gasteiger partial charge in [-0.1, -0.05) is 72.5 Å². The summed E-state index contributed by atoms with van der Waals surface area (Å²) in [6, 6.07) is 8.52. The first-order valence-electron chi connectivity index (χ1n) is 7.36. The van der Waals surface area contributed by atoms with Gasteiger partial charge >= 0.3 is 0 Å². The second kappa shape index (κ2) is 7.25. The minimum Gasteiger partial charge on any atom is -0.388 e. The zero-order valence-electron chi connectivity index (χ0n) is 11.6. The van der Waals surface area contributed by atoms with Crippen LogP contribution in [0.2, 0.25) is 0 Å². The molecule has 19 heavy (non-hydrogen) atoms.